The Morgan fingerprint density at radius 3 is 2.95 bits per heavy atom. The second kappa shape index (κ2) is 5.90. The van der Waals surface area contributed by atoms with E-state index in [1.165, 1.54) is 12.5 Å². The lowest BCUT2D eigenvalue weighted by Gasteiger charge is -2.32. The van der Waals surface area contributed by atoms with Crippen LogP contribution in [0.3, 0.4) is 0 Å². The summed E-state index contributed by atoms with van der Waals surface area (Å²) in [4.78, 5) is 21.5. The molecule has 110 valence electrons. The zero-order valence-corrected chi connectivity index (χ0v) is 11.2. The fourth-order valence-corrected chi connectivity index (χ4v) is 2.30. The number of carbonyl (C=O) groups excluding carboxylic acids is 1. The van der Waals surface area contributed by atoms with Crippen LogP contribution in [0, 0.1) is 5.82 Å². The van der Waals surface area contributed by atoms with Crippen LogP contribution in [0.25, 0.3) is 0 Å². The van der Waals surface area contributed by atoms with E-state index in [2.05, 4.69) is 9.97 Å². The summed E-state index contributed by atoms with van der Waals surface area (Å²) >= 11 is 0. The Kier molecular flexibility index (Phi) is 3.81. The first-order valence-corrected chi connectivity index (χ1v) is 6.68. The molecule has 0 bridgehead atoms. The molecule has 0 radical (unpaired) electrons. The van der Waals surface area contributed by atoms with Gasteiger partial charge in [0, 0.05) is 6.54 Å². The Labute approximate surface area is 120 Å². The first-order valence-electron chi connectivity index (χ1n) is 6.68. The molecule has 0 saturated carbocycles. The van der Waals surface area contributed by atoms with Gasteiger partial charge in [-0.1, -0.05) is 0 Å². The average Bonchev–Trinajstić information content (AvgIpc) is 3.03. The third-order valence-electron chi connectivity index (χ3n) is 3.30. The van der Waals surface area contributed by atoms with E-state index in [0.717, 1.165) is 25.2 Å². The normalized spacial score (nSPS) is 18.5. The van der Waals surface area contributed by atoms with Crippen LogP contribution in [-0.4, -0.2) is 40.0 Å². The molecule has 2 aromatic heterocycles. The zero-order chi connectivity index (χ0) is 14.7. The Hall–Kier alpha value is -2.44. The third-order valence-corrected chi connectivity index (χ3v) is 3.30. The topological polar surface area (TPSA) is 68.5 Å². The first kappa shape index (κ1) is 13.5. The van der Waals surface area contributed by atoms with Crippen LogP contribution in [-0.2, 0) is 0 Å². The Balaban J connectivity index is 1.63. The Bertz CT molecular complexity index is 600. The number of ether oxygens (including phenoxy) is 1. The van der Waals surface area contributed by atoms with Gasteiger partial charge in [0.1, 0.15) is 12.4 Å². The van der Waals surface area contributed by atoms with Crippen molar-refractivity contribution >= 4 is 5.91 Å². The number of carbonyl (C=O) groups is 1. The van der Waals surface area contributed by atoms with Gasteiger partial charge in [-0.3, -0.25) is 4.79 Å². The number of nitrogens with zero attached hydrogens (tertiary/aromatic N) is 3. The standard InChI is InChI=1S/C14H14FN3O3/c15-11-6-16-14(17-7-11)21-12-2-1-4-18(8-12)13(19)10-3-5-20-9-10/h3,5-7,9,12H,1-2,4,8H2/t12-/m0/s1. The zero-order valence-electron chi connectivity index (χ0n) is 11.2. The van der Waals surface area contributed by atoms with Crippen LogP contribution < -0.4 is 4.74 Å². The molecule has 3 rings (SSSR count). The van der Waals surface area contributed by atoms with Gasteiger partial charge in [-0.2, -0.15) is 0 Å². The molecule has 1 saturated heterocycles. The van der Waals surface area contributed by atoms with Gasteiger partial charge in [-0.25, -0.2) is 14.4 Å². The minimum Gasteiger partial charge on any atom is -0.472 e. The minimum absolute atomic E-state index is 0.0860. The first-order chi connectivity index (χ1) is 10.2. The van der Waals surface area contributed by atoms with Gasteiger partial charge in [-0.05, 0) is 18.9 Å². The lowest BCUT2D eigenvalue weighted by Crippen LogP contribution is -2.44. The molecule has 0 aromatic carbocycles. The molecule has 1 aliphatic heterocycles. The summed E-state index contributed by atoms with van der Waals surface area (Å²) in [6, 6.07) is 1.76. The molecule has 1 amide bonds. The molecule has 2 aromatic rings. The van der Waals surface area contributed by atoms with E-state index in [4.69, 9.17) is 9.15 Å². The summed E-state index contributed by atoms with van der Waals surface area (Å²) in [5.41, 5.74) is 0.522. The van der Waals surface area contributed by atoms with Gasteiger partial charge in [0.25, 0.3) is 5.91 Å². The van der Waals surface area contributed by atoms with E-state index in [1.807, 2.05) is 0 Å². The van der Waals surface area contributed by atoms with Gasteiger partial charge in [0.15, 0.2) is 5.82 Å². The van der Waals surface area contributed by atoms with E-state index >= 15 is 0 Å². The lowest BCUT2D eigenvalue weighted by molar-refractivity contribution is 0.0514. The highest BCUT2D eigenvalue weighted by Gasteiger charge is 2.26. The molecule has 21 heavy (non-hydrogen) atoms. The molecule has 1 aliphatic rings. The molecule has 0 spiro atoms. The van der Waals surface area contributed by atoms with Crippen molar-refractivity contribution in [3.8, 4) is 6.01 Å². The fraction of sp³-hybridized carbons (Fsp3) is 0.357. The predicted molar refractivity (Wildman–Crippen MR) is 70.3 cm³/mol. The molecule has 0 unspecified atom stereocenters. The number of aromatic nitrogens is 2. The summed E-state index contributed by atoms with van der Waals surface area (Å²) in [6.45, 7) is 1.12. The molecule has 6 nitrogen and oxygen atoms in total. The smallest absolute Gasteiger partial charge is 0.316 e. The van der Waals surface area contributed by atoms with Crippen molar-refractivity contribution in [3.63, 3.8) is 0 Å². The lowest BCUT2D eigenvalue weighted by atomic mass is 10.1. The van der Waals surface area contributed by atoms with Crippen molar-refractivity contribution in [2.75, 3.05) is 13.1 Å². The highest BCUT2D eigenvalue weighted by Crippen LogP contribution is 2.17. The molecular formula is C14H14FN3O3. The number of hydrogen-bond acceptors (Lipinski definition) is 5. The van der Waals surface area contributed by atoms with E-state index in [1.54, 1.807) is 11.0 Å². The van der Waals surface area contributed by atoms with Crippen LogP contribution in [0.4, 0.5) is 4.39 Å². The maximum Gasteiger partial charge on any atom is 0.316 e. The van der Waals surface area contributed by atoms with Crippen molar-refractivity contribution in [1.82, 2.24) is 14.9 Å². The Morgan fingerprint density at radius 2 is 2.24 bits per heavy atom. The molecule has 0 aliphatic carbocycles. The van der Waals surface area contributed by atoms with Crippen LogP contribution in [0.5, 0.6) is 6.01 Å². The number of piperidine rings is 1. The van der Waals surface area contributed by atoms with E-state index in [-0.39, 0.29) is 18.0 Å². The minimum atomic E-state index is -0.511. The van der Waals surface area contributed by atoms with Crippen molar-refractivity contribution < 1.29 is 18.3 Å². The number of furan rings is 1. The van der Waals surface area contributed by atoms with Gasteiger partial charge >= 0.3 is 6.01 Å². The summed E-state index contributed by atoms with van der Waals surface area (Å²) in [5.74, 6) is -0.597. The molecule has 7 heteroatoms. The van der Waals surface area contributed by atoms with Crippen LogP contribution in [0.15, 0.2) is 35.4 Å². The predicted octanol–water partition coefficient (Wildman–Crippen LogP) is 1.89. The average molecular weight is 291 g/mol. The molecule has 0 N–H and O–H groups in total. The van der Waals surface area contributed by atoms with Gasteiger partial charge in [0.05, 0.1) is 30.8 Å². The van der Waals surface area contributed by atoms with Crippen LogP contribution in [0.1, 0.15) is 23.2 Å². The second-order valence-corrected chi connectivity index (χ2v) is 4.83. The number of hydrogen-bond donors (Lipinski definition) is 0. The van der Waals surface area contributed by atoms with Crippen molar-refractivity contribution in [2.45, 2.75) is 18.9 Å². The van der Waals surface area contributed by atoms with Crippen molar-refractivity contribution in [1.29, 1.82) is 0 Å². The van der Waals surface area contributed by atoms with E-state index < -0.39 is 5.82 Å². The highest BCUT2D eigenvalue weighted by molar-refractivity contribution is 5.93. The molecule has 3 heterocycles. The van der Waals surface area contributed by atoms with Gasteiger partial charge in [-0.15, -0.1) is 0 Å². The van der Waals surface area contributed by atoms with Crippen LogP contribution >= 0.6 is 0 Å². The summed E-state index contributed by atoms with van der Waals surface area (Å²) in [5, 5.41) is 0. The maximum absolute atomic E-state index is 12.7. The molecular weight excluding hydrogens is 277 g/mol. The van der Waals surface area contributed by atoms with Crippen LogP contribution in [0.2, 0.25) is 0 Å². The highest BCUT2D eigenvalue weighted by atomic mass is 19.1. The fourth-order valence-electron chi connectivity index (χ4n) is 2.30. The third kappa shape index (κ3) is 3.18. The van der Waals surface area contributed by atoms with Crippen molar-refractivity contribution in [3.05, 3.63) is 42.4 Å². The largest absolute Gasteiger partial charge is 0.472 e. The van der Waals surface area contributed by atoms with Crippen molar-refractivity contribution in [2.24, 2.45) is 0 Å². The quantitative estimate of drug-likeness (QED) is 0.863. The van der Waals surface area contributed by atoms with Gasteiger partial charge in [0.2, 0.25) is 0 Å². The summed E-state index contributed by atoms with van der Waals surface area (Å²) < 4.78 is 23.3. The number of halogens is 1. The summed E-state index contributed by atoms with van der Waals surface area (Å²) in [6.07, 6.45) is 6.44. The second-order valence-electron chi connectivity index (χ2n) is 4.83. The van der Waals surface area contributed by atoms with E-state index in [9.17, 15) is 9.18 Å². The molecule has 1 fully saturated rings. The Morgan fingerprint density at radius 1 is 1.43 bits per heavy atom. The number of likely N-dealkylation sites (tertiary alicyclic amines) is 1. The monoisotopic (exact) mass is 291 g/mol. The number of rotatable bonds is 3. The SMILES string of the molecule is O=C(c1ccoc1)N1CCC[C@H](Oc2ncc(F)cn2)C1. The van der Waals surface area contributed by atoms with Gasteiger partial charge < -0.3 is 14.1 Å². The maximum atomic E-state index is 12.7. The van der Waals surface area contributed by atoms with E-state index in [0.29, 0.717) is 18.7 Å². The molecule has 1 atom stereocenters. The summed E-state index contributed by atoms with van der Waals surface area (Å²) in [7, 11) is 0. The number of amides is 1.